The van der Waals surface area contributed by atoms with Crippen molar-refractivity contribution in [1.29, 1.82) is 0 Å². The van der Waals surface area contributed by atoms with Crippen LogP contribution >= 0.6 is 43.5 Å². The highest BCUT2D eigenvalue weighted by Gasteiger charge is 2.12. The number of pyridine rings is 1. The number of hydrogen-bond donors (Lipinski definition) is 0. The van der Waals surface area contributed by atoms with E-state index in [-0.39, 0.29) is 0 Å². The van der Waals surface area contributed by atoms with Crippen LogP contribution < -0.4 is 0 Å². The fraction of sp³-hybridized carbons (Fsp3) is 0.267. The number of nitrogens with zero attached hydrogens (tertiary/aromatic N) is 1. The molecule has 19 heavy (non-hydrogen) atoms. The van der Waals surface area contributed by atoms with E-state index in [1.54, 1.807) is 6.20 Å². The van der Waals surface area contributed by atoms with Crippen LogP contribution in [-0.4, -0.2) is 10.9 Å². The highest BCUT2D eigenvalue weighted by atomic mass is 79.9. The summed E-state index contributed by atoms with van der Waals surface area (Å²) in [6, 6.07) is 10.4. The fourth-order valence-corrected chi connectivity index (χ4v) is 3.13. The van der Waals surface area contributed by atoms with Gasteiger partial charge in [0.1, 0.15) is 0 Å². The molecule has 0 spiro atoms. The van der Waals surface area contributed by atoms with Gasteiger partial charge in [-0.05, 0) is 57.9 Å². The Balaban J connectivity index is 2.07. The van der Waals surface area contributed by atoms with Crippen LogP contribution in [0.15, 0.2) is 51.7 Å². The summed E-state index contributed by atoms with van der Waals surface area (Å²) in [5.41, 5.74) is 2.52. The predicted octanol–water partition coefficient (Wildman–Crippen LogP) is 5.25. The molecule has 0 amide bonds. The molecule has 0 fully saturated rings. The standard InChI is InChI=1S/C15H14Br2ClN/c16-14-7-12(9-19-10-14)5-11(8-18)6-13-3-1-2-4-15(13)17/h1-4,7,9-11H,5-6,8H2. The van der Waals surface area contributed by atoms with Gasteiger partial charge < -0.3 is 0 Å². The van der Waals surface area contributed by atoms with Crippen molar-refractivity contribution in [3.63, 3.8) is 0 Å². The number of aromatic nitrogens is 1. The van der Waals surface area contributed by atoms with Crippen LogP contribution in [0.4, 0.5) is 0 Å². The van der Waals surface area contributed by atoms with E-state index in [0.717, 1.165) is 21.8 Å². The van der Waals surface area contributed by atoms with Gasteiger partial charge in [0, 0.05) is 27.2 Å². The number of halogens is 3. The Morgan fingerprint density at radius 2 is 1.89 bits per heavy atom. The maximum absolute atomic E-state index is 6.11. The van der Waals surface area contributed by atoms with E-state index in [9.17, 15) is 0 Å². The van der Waals surface area contributed by atoms with Crippen molar-refractivity contribution in [1.82, 2.24) is 4.98 Å². The molecular weight excluding hydrogens is 389 g/mol. The lowest BCUT2D eigenvalue weighted by atomic mass is 9.95. The second-order valence-electron chi connectivity index (χ2n) is 4.53. The molecule has 0 aliphatic rings. The van der Waals surface area contributed by atoms with Crippen LogP contribution in [-0.2, 0) is 12.8 Å². The monoisotopic (exact) mass is 401 g/mol. The van der Waals surface area contributed by atoms with E-state index < -0.39 is 0 Å². The molecule has 1 nitrogen and oxygen atoms in total. The van der Waals surface area contributed by atoms with Crippen molar-refractivity contribution in [2.45, 2.75) is 12.8 Å². The van der Waals surface area contributed by atoms with Gasteiger partial charge in [-0.15, -0.1) is 11.6 Å². The average Bonchev–Trinajstić information content (AvgIpc) is 2.40. The summed E-state index contributed by atoms with van der Waals surface area (Å²) in [7, 11) is 0. The molecule has 0 saturated heterocycles. The number of rotatable bonds is 5. The van der Waals surface area contributed by atoms with Crippen molar-refractivity contribution in [2.24, 2.45) is 5.92 Å². The first-order chi connectivity index (χ1) is 9.19. The van der Waals surface area contributed by atoms with Gasteiger partial charge in [-0.25, -0.2) is 0 Å². The van der Waals surface area contributed by atoms with E-state index in [2.05, 4.69) is 61.1 Å². The topological polar surface area (TPSA) is 12.9 Å². The predicted molar refractivity (Wildman–Crippen MR) is 87.7 cm³/mol. The summed E-state index contributed by atoms with van der Waals surface area (Å²) >= 11 is 13.1. The van der Waals surface area contributed by atoms with E-state index >= 15 is 0 Å². The number of alkyl halides is 1. The Labute approximate surface area is 135 Å². The summed E-state index contributed by atoms with van der Waals surface area (Å²) in [6.07, 6.45) is 5.62. The van der Waals surface area contributed by atoms with Crippen LogP contribution in [0.2, 0.25) is 0 Å². The van der Waals surface area contributed by atoms with Crippen LogP contribution in [0.5, 0.6) is 0 Å². The molecule has 2 aromatic rings. The summed E-state index contributed by atoms with van der Waals surface area (Å²) in [5, 5.41) is 0. The first-order valence-corrected chi connectivity index (χ1v) is 8.20. The molecule has 0 N–H and O–H groups in total. The summed E-state index contributed by atoms with van der Waals surface area (Å²) in [6.45, 7) is 0. The van der Waals surface area contributed by atoms with E-state index in [4.69, 9.17) is 11.6 Å². The fourth-order valence-electron chi connectivity index (χ4n) is 2.06. The molecule has 1 atom stereocenters. The Hall–Kier alpha value is -0.380. The zero-order valence-electron chi connectivity index (χ0n) is 10.3. The van der Waals surface area contributed by atoms with Gasteiger partial charge in [0.05, 0.1) is 0 Å². The highest BCUT2D eigenvalue weighted by Crippen LogP contribution is 2.23. The summed E-state index contributed by atoms with van der Waals surface area (Å²) in [5.74, 6) is 1.06. The van der Waals surface area contributed by atoms with Gasteiger partial charge in [-0.2, -0.15) is 0 Å². The maximum Gasteiger partial charge on any atom is 0.0410 e. The lowest BCUT2D eigenvalue weighted by molar-refractivity contribution is 0.581. The molecule has 0 bridgehead atoms. The van der Waals surface area contributed by atoms with Crippen molar-refractivity contribution >= 4 is 43.5 Å². The Morgan fingerprint density at radius 3 is 2.58 bits per heavy atom. The first-order valence-electron chi connectivity index (χ1n) is 6.08. The smallest absolute Gasteiger partial charge is 0.0410 e. The second-order valence-corrected chi connectivity index (χ2v) is 6.61. The third-order valence-corrected chi connectivity index (χ3v) is 4.61. The van der Waals surface area contributed by atoms with Crippen LogP contribution in [0, 0.1) is 5.92 Å². The maximum atomic E-state index is 6.11. The molecule has 0 saturated carbocycles. The lowest BCUT2D eigenvalue weighted by Gasteiger charge is -2.15. The molecule has 1 unspecified atom stereocenters. The normalized spacial score (nSPS) is 12.4. The Morgan fingerprint density at radius 1 is 1.11 bits per heavy atom. The minimum Gasteiger partial charge on any atom is -0.263 e. The Bertz CT molecular complexity index is 545. The van der Waals surface area contributed by atoms with Crippen molar-refractivity contribution in [3.8, 4) is 0 Å². The zero-order valence-corrected chi connectivity index (χ0v) is 14.2. The molecule has 0 radical (unpaired) electrons. The minimum atomic E-state index is 0.413. The van der Waals surface area contributed by atoms with Crippen LogP contribution in [0.1, 0.15) is 11.1 Å². The number of benzene rings is 1. The van der Waals surface area contributed by atoms with Gasteiger partial charge in [-0.1, -0.05) is 34.1 Å². The molecule has 0 aliphatic carbocycles. The molecule has 1 heterocycles. The van der Waals surface area contributed by atoms with Gasteiger partial charge in [0.2, 0.25) is 0 Å². The summed E-state index contributed by atoms with van der Waals surface area (Å²) in [4.78, 5) is 4.20. The van der Waals surface area contributed by atoms with E-state index in [0.29, 0.717) is 11.8 Å². The molecule has 4 heteroatoms. The van der Waals surface area contributed by atoms with E-state index in [1.807, 2.05) is 12.3 Å². The van der Waals surface area contributed by atoms with Gasteiger partial charge in [0.25, 0.3) is 0 Å². The second kappa shape index (κ2) is 7.41. The van der Waals surface area contributed by atoms with Crippen molar-refractivity contribution in [3.05, 3.63) is 62.8 Å². The SMILES string of the molecule is ClCC(Cc1cncc(Br)c1)Cc1ccccc1Br. The first kappa shape index (κ1) is 15.0. The van der Waals surface area contributed by atoms with Crippen molar-refractivity contribution < 1.29 is 0 Å². The van der Waals surface area contributed by atoms with Gasteiger partial charge in [-0.3, -0.25) is 4.98 Å². The molecule has 1 aromatic carbocycles. The largest absolute Gasteiger partial charge is 0.263 e. The molecule has 0 aliphatic heterocycles. The highest BCUT2D eigenvalue weighted by molar-refractivity contribution is 9.10. The van der Waals surface area contributed by atoms with Gasteiger partial charge >= 0.3 is 0 Å². The van der Waals surface area contributed by atoms with Crippen LogP contribution in [0.25, 0.3) is 0 Å². The quantitative estimate of drug-likeness (QED) is 0.622. The molecular formula is C15H14Br2ClN. The Kier molecular flexibility index (Phi) is 5.86. The van der Waals surface area contributed by atoms with Crippen molar-refractivity contribution in [2.75, 3.05) is 5.88 Å². The third kappa shape index (κ3) is 4.59. The molecule has 100 valence electrons. The molecule has 2 rings (SSSR count). The minimum absolute atomic E-state index is 0.413. The van der Waals surface area contributed by atoms with Gasteiger partial charge in [0.15, 0.2) is 0 Å². The average molecular weight is 404 g/mol. The number of hydrogen-bond acceptors (Lipinski definition) is 1. The van der Waals surface area contributed by atoms with Crippen LogP contribution in [0.3, 0.4) is 0 Å². The van der Waals surface area contributed by atoms with E-state index in [1.165, 1.54) is 11.1 Å². The zero-order chi connectivity index (χ0) is 13.7. The lowest BCUT2D eigenvalue weighted by Crippen LogP contribution is -2.10. The summed E-state index contributed by atoms with van der Waals surface area (Å²) < 4.78 is 2.16. The molecule has 1 aromatic heterocycles. The third-order valence-electron chi connectivity index (χ3n) is 2.97.